The monoisotopic (exact) mass is 375 g/mol. The Balaban J connectivity index is 1.37. The molecule has 10 heteroatoms. The number of urea groups is 1. The van der Waals surface area contributed by atoms with Crippen LogP contribution in [0, 0.1) is 5.82 Å². The number of carbonyl (C=O) groups is 1. The third kappa shape index (κ3) is 3.25. The number of anilines is 2. The zero-order valence-electron chi connectivity index (χ0n) is 13.6. The number of nitrogens with zero attached hydrogens (tertiary/aromatic N) is 6. The minimum atomic E-state index is -0.518. The van der Waals surface area contributed by atoms with E-state index in [1.54, 1.807) is 15.7 Å². The molecular formula is C16H15ClFN7O. The highest BCUT2D eigenvalue weighted by Gasteiger charge is 2.22. The van der Waals surface area contributed by atoms with Gasteiger partial charge in [-0.15, -0.1) is 15.3 Å². The van der Waals surface area contributed by atoms with E-state index in [0.717, 1.165) is 5.82 Å². The number of fused-ring (bicyclic) bond motifs is 1. The molecule has 2 aromatic heterocycles. The second kappa shape index (κ2) is 6.75. The Kier molecular flexibility index (Phi) is 4.29. The normalized spacial score (nSPS) is 14.7. The molecule has 26 heavy (non-hydrogen) atoms. The van der Waals surface area contributed by atoms with Gasteiger partial charge in [0.25, 0.3) is 0 Å². The molecule has 0 unspecified atom stereocenters. The molecule has 0 radical (unpaired) electrons. The van der Waals surface area contributed by atoms with Gasteiger partial charge in [-0.3, -0.25) is 0 Å². The van der Waals surface area contributed by atoms with Gasteiger partial charge in [-0.2, -0.15) is 4.52 Å². The fourth-order valence-electron chi connectivity index (χ4n) is 2.80. The summed E-state index contributed by atoms with van der Waals surface area (Å²) in [6.07, 6.45) is 1.55. The van der Waals surface area contributed by atoms with Gasteiger partial charge in [0, 0.05) is 31.9 Å². The third-order valence-corrected chi connectivity index (χ3v) is 4.50. The molecule has 134 valence electrons. The minimum absolute atomic E-state index is 0.0249. The number of carbonyl (C=O) groups excluding carboxylic acids is 1. The number of nitrogens with one attached hydrogen (secondary N) is 1. The average molecular weight is 376 g/mol. The van der Waals surface area contributed by atoms with E-state index >= 15 is 0 Å². The van der Waals surface area contributed by atoms with Crippen molar-refractivity contribution in [2.24, 2.45) is 0 Å². The maximum absolute atomic E-state index is 13.2. The van der Waals surface area contributed by atoms with E-state index in [1.807, 2.05) is 12.1 Å². The summed E-state index contributed by atoms with van der Waals surface area (Å²) in [5.41, 5.74) is 1.15. The number of amides is 2. The average Bonchev–Trinajstić information content (AvgIpc) is 3.12. The Bertz CT molecular complexity index is 955. The molecule has 1 aliphatic heterocycles. The Morgan fingerprint density at radius 2 is 1.96 bits per heavy atom. The first kappa shape index (κ1) is 16.5. The Morgan fingerprint density at radius 3 is 2.73 bits per heavy atom. The standard InChI is InChI=1S/C16H15ClFN7O/c17-12-9-11(1-2-13(12)18)20-16(26)24-7-5-23(6-8-24)15-4-3-14-21-19-10-25(14)22-15/h1-4,9-10H,5-8H2,(H,20,26). The highest BCUT2D eigenvalue weighted by atomic mass is 35.5. The van der Waals surface area contributed by atoms with E-state index in [2.05, 4.69) is 25.5 Å². The van der Waals surface area contributed by atoms with Crippen molar-refractivity contribution in [2.75, 3.05) is 36.4 Å². The van der Waals surface area contributed by atoms with E-state index < -0.39 is 5.82 Å². The number of rotatable bonds is 2. The van der Waals surface area contributed by atoms with Crippen LogP contribution in [0.25, 0.3) is 5.65 Å². The van der Waals surface area contributed by atoms with E-state index in [0.29, 0.717) is 37.5 Å². The molecule has 4 rings (SSSR count). The zero-order valence-corrected chi connectivity index (χ0v) is 14.4. The molecule has 1 aromatic carbocycles. The van der Waals surface area contributed by atoms with Gasteiger partial charge < -0.3 is 15.1 Å². The van der Waals surface area contributed by atoms with Crippen molar-refractivity contribution in [3.63, 3.8) is 0 Å². The first-order chi connectivity index (χ1) is 12.6. The number of hydrogen-bond acceptors (Lipinski definition) is 5. The maximum Gasteiger partial charge on any atom is 0.321 e. The first-order valence-corrected chi connectivity index (χ1v) is 8.41. The van der Waals surface area contributed by atoms with Crippen LogP contribution in [0.2, 0.25) is 5.02 Å². The maximum atomic E-state index is 13.2. The van der Waals surface area contributed by atoms with Crippen molar-refractivity contribution >= 4 is 34.8 Å². The fraction of sp³-hybridized carbons (Fsp3) is 0.250. The molecule has 1 N–H and O–H groups in total. The molecule has 0 spiro atoms. The van der Waals surface area contributed by atoms with Gasteiger partial charge >= 0.3 is 6.03 Å². The topological polar surface area (TPSA) is 78.7 Å². The summed E-state index contributed by atoms with van der Waals surface area (Å²) in [7, 11) is 0. The number of hydrogen-bond donors (Lipinski definition) is 1. The molecule has 3 heterocycles. The van der Waals surface area contributed by atoms with E-state index in [-0.39, 0.29) is 11.1 Å². The van der Waals surface area contributed by atoms with Crippen LogP contribution in [-0.4, -0.2) is 56.9 Å². The van der Waals surface area contributed by atoms with Crippen LogP contribution in [0.4, 0.5) is 20.7 Å². The minimum Gasteiger partial charge on any atom is -0.352 e. The van der Waals surface area contributed by atoms with E-state index in [9.17, 15) is 9.18 Å². The SMILES string of the molecule is O=C(Nc1ccc(F)c(Cl)c1)N1CCN(c2ccc3nncn3n2)CC1. The molecule has 1 fully saturated rings. The van der Waals surface area contributed by atoms with Crippen LogP contribution in [0.3, 0.4) is 0 Å². The van der Waals surface area contributed by atoms with Gasteiger partial charge in [0.2, 0.25) is 0 Å². The molecule has 8 nitrogen and oxygen atoms in total. The summed E-state index contributed by atoms with van der Waals surface area (Å²) in [6, 6.07) is 7.60. The Morgan fingerprint density at radius 1 is 1.15 bits per heavy atom. The first-order valence-electron chi connectivity index (χ1n) is 8.03. The highest BCUT2D eigenvalue weighted by molar-refractivity contribution is 6.31. The summed E-state index contributed by atoms with van der Waals surface area (Å²) >= 11 is 5.74. The van der Waals surface area contributed by atoms with E-state index in [4.69, 9.17) is 11.6 Å². The van der Waals surface area contributed by atoms with Crippen LogP contribution in [-0.2, 0) is 0 Å². The Hall–Kier alpha value is -2.94. The second-order valence-corrected chi connectivity index (χ2v) is 6.27. The van der Waals surface area contributed by atoms with Crippen LogP contribution < -0.4 is 10.2 Å². The molecule has 1 saturated heterocycles. The molecule has 0 aliphatic carbocycles. The summed E-state index contributed by atoms with van der Waals surface area (Å²) < 4.78 is 14.8. The van der Waals surface area contributed by atoms with Gasteiger partial charge in [-0.25, -0.2) is 9.18 Å². The molecular weight excluding hydrogens is 361 g/mol. The van der Waals surface area contributed by atoms with Crippen molar-refractivity contribution in [3.05, 3.63) is 47.5 Å². The van der Waals surface area contributed by atoms with Gasteiger partial charge in [0.05, 0.1) is 5.02 Å². The van der Waals surface area contributed by atoms with Crippen LogP contribution in [0.15, 0.2) is 36.7 Å². The lowest BCUT2D eigenvalue weighted by atomic mass is 10.3. The number of benzene rings is 1. The lowest BCUT2D eigenvalue weighted by molar-refractivity contribution is 0.208. The van der Waals surface area contributed by atoms with Gasteiger partial charge in [0.15, 0.2) is 5.65 Å². The molecule has 3 aromatic rings. The summed E-state index contributed by atoms with van der Waals surface area (Å²) in [6.45, 7) is 2.39. The third-order valence-electron chi connectivity index (χ3n) is 4.21. The number of halogens is 2. The quantitative estimate of drug-likeness (QED) is 0.743. The summed E-state index contributed by atoms with van der Waals surface area (Å²) in [4.78, 5) is 16.2. The molecule has 0 bridgehead atoms. The number of piperazine rings is 1. The molecule has 0 saturated carbocycles. The Labute approximate surface area is 153 Å². The lowest BCUT2D eigenvalue weighted by Crippen LogP contribution is -2.50. The second-order valence-electron chi connectivity index (χ2n) is 5.86. The van der Waals surface area contributed by atoms with Crippen molar-refractivity contribution < 1.29 is 9.18 Å². The van der Waals surface area contributed by atoms with Crippen molar-refractivity contribution in [1.29, 1.82) is 0 Å². The predicted octanol–water partition coefficient (Wildman–Crippen LogP) is 2.27. The highest BCUT2D eigenvalue weighted by Crippen LogP contribution is 2.20. The predicted molar refractivity (Wildman–Crippen MR) is 95.0 cm³/mol. The molecule has 1 aliphatic rings. The molecule has 2 amide bonds. The summed E-state index contributed by atoms with van der Waals surface area (Å²) in [5.74, 6) is 0.290. The van der Waals surface area contributed by atoms with Crippen molar-refractivity contribution in [2.45, 2.75) is 0 Å². The summed E-state index contributed by atoms with van der Waals surface area (Å²) in [5, 5.41) is 14.9. The smallest absolute Gasteiger partial charge is 0.321 e. The van der Waals surface area contributed by atoms with Gasteiger partial charge in [-0.05, 0) is 30.3 Å². The van der Waals surface area contributed by atoms with Gasteiger partial charge in [-0.1, -0.05) is 11.6 Å². The number of aromatic nitrogens is 4. The zero-order chi connectivity index (χ0) is 18.1. The largest absolute Gasteiger partial charge is 0.352 e. The molecule has 0 atom stereocenters. The van der Waals surface area contributed by atoms with Crippen LogP contribution >= 0.6 is 11.6 Å². The lowest BCUT2D eigenvalue weighted by Gasteiger charge is -2.35. The van der Waals surface area contributed by atoms with Crippen LogP contribution in [0.1, 0.15) is 0 Å². The van der Waals surface area contributed by atoms with Crippen molar-refractivity contribution in [1.82, 2.24) is 24.7 Å². The van der Waals surface area contributed by atoms with Crippen LogP contribution in [0.5, 0.6) is 0 Å². The van der Waals surface area contributed by atoms with E-state index in [1.165, 1.54) is 18.2 Å². The van der Waals surface area contributed by atoms with Crippen molar-refractivity contribution in [3.8, 4) is 0 Å². The fourth-order valence-corrected chi connectivity index (χ4v) is 2.98. The van der Waals surface area contributed by atoms with Gasteiger partial charge in [0.1, 0.15) is 18.0 Å².